The van der Waals surface area contributed by atoms with Gasteiger partial charge in [-0.1, -0.05) is 12.1 Å². The van der Waals surface area contributed by atoms with E-state index in [1.807, 2.05) is 0 Å². The van der Waals surface area contributed by atoms with Crippen molar-refractivity contribution in [3.8, 4) is 0 Å². The number of quaternary nitrogens is 1. The number of Topliss-reactive ketones (excluding diaryl/α,β-unsaturated/α-hetero) is 1. The highest BCUT2D eigenvalue weighted by molar-refractivity contribution is 5.96. The number of hydrogen-bond acceptors (Lipinski definition) is 3. The largest absolute Gasteiger partial charge is 0.418 e. The van der Waals surface area contributed by atoms with Crippen LogP contribution in [0, 0.1) is 0 Å². The lowest BCUT2D eigenvalue weighted by molar-refractivity contribution is -0.862. The van der Waals surface area contributed by atoms with Gasteiger partial charge in [-0.25, -0.2) is 0 Å². The van der Waals surface area contributed by atoms with Crippen LogP contribution in [0.3, 0.4) is 0 Å². The molecule has 0 saturated carbocycles. The van der Waals surface area contributed by atoms with Crippen molar-refractivity contribution in [2.75, 3.05) is 30.8 Å². The fraction of sp³-hybridized carbons (Fsp3) is 0.250. The van der Waals surface area contributed by atoms with Crippen LogP contribution in [0.2, 0.25) is 0 Å². The lowest BCUT2D eigenvalue weighted by Gasteiger charge is -2.16. The van der Waals surface area contributed by atoms with Gasteiger partial charge in [0, 0.05) is 11.3 Å². The summed E-state index contributed by atoms with van der Waals surface area (Å²) < 4.78 is 38.9. The molecule has 0 spiro atoms. The average Bonchev–Trinajstić information content (AvgIpc) is 2.61. The second-order valence-corrected chi connectivity index (χ2v) is 6.58. The molecule has 0 aromatic heterocycles. The Morgan fingerprint density at radius 1 is 0.897 bits per heavy atom. The normalized spacial score (nSPS) is 12.2. The summed E-state index contributed by atoms with van der Waals surface area (Å²) in [7, 11) is 1.58. The Balaban J connectivity index is 1.88. The highest BCUT2D eigenvalue weighted by Crippen LogP contribution is 2.34. The number of nitrogens with one attached hydrogen (secondary N) is 3. The molecule has 0 fully saturated rings. The van der Waals surface area contributed by atoms with Crippen LogP contribution in [-0.2, 0) is 15.8 Å². The van der Waals surface area contributed by atoms with Crippen molar-refractivity contribution in [1.29, 1.82) is 0 Å². The molecule has 1 unspecified atom stereocenters. The predicted molar refractivity (Wildman–Crippen MR) is 102 cm³/mol. The van der Waals surface area contributed by atoms with E-state index in [1.54, 1.807) is 31.3 Å². The third kappa shape index (κ3) is 6.72. The van der Waals surface area contributed by atoms with E-state index in [-0.39, 0.29) is 30.5 Å². The van der Waals surface area contributed by atoms with Gasteiger partial charge < -0.3 is 15.5 Å². The van der Waals surface area contributed by atoms with E-state index in [0.29, 0.717) is 16.2 Å². The maximum absolute atomic E-state index is 13.0. The molecule has 0 aliphatic heterocycles. The summed E-state index contributed by atoms with van der Waals surface area (Å²) in [5, 5.41) is 4.88. The quantitative estimate of drug-likeness (QED) is 0.613. The molecule has 3 N–H and O–H groups in total. The van der Waals surface area contributed by atoms with Gasteiger partial charge in [-0.15, -0.1) is 0 Å². The van der Waals surface area contributed by atoms with Crippen LogP contribution in [0.4, 0.5) is 24.5 Å². The first kappa shape index (κ1) is 22.1. The van der Waals surface area contributed by atoms with Gasteiger partial charge in [-0.05, 0) is 43.3 Å². The summed E-state index contributed by atoms with van der Waals surface area (Å²) in [5.41, 5.74) is -0.247. The number of alkyl halides is 3. The van der Waals surface area contributed by atoms with Crippen molar-refractivity contribution in [1.82, 2.24) is 0 Å². The van der Waals surface area contributed by atoms with Crippen LogP contribution in [-0.4, -0.2) is 37.7 Å². The van der Waals surface area contributed by atoms with E-state index < -0.39 is 17.6 Å². The fourth-order valence-electron chi connectivity index (χ4n) is 2.64. The van der Waals surface area contributed by atoms with E-state index in [1.165, 1.54) is 25.1 Å². The first-order valence-electron chi connectivity index (χ1n) is 8.74. The Labute approximate surface area is 165 Å². The number of rotatable bonds is 7. The molecule has 2 rings (SSSR count). The minimum absolute atomic E-state index is 0.0667. The maximum atomic E-state index is 13.0. The Morgan fingerprint density at radius 3 is 2.00 bits per heavy atom. The van der Waals surface area contributed by atoms with E-state index in [4.69, 9.17) is 0 Å². The van der Waals surface area contributed by atoms with Gasteiger partial charge in [0.15, 0.2) is 18.9 Å². The molecule has 0 aliphatic carbocycles. The minimum Gasteiger partial charge on any atom is -0.322 e. The van der Waals surface area contributed by atoms with Crippen LogP contribution in [0.15, 0.2) is 48.5 Å². The molecule has 0 heterocycles. The van der Waals surface area contributed by atoms with E-state index in [9.17, 15) is 27.6 Å². The topological polar surface area (TPSA) is 79.7 Å². The maximum Gasteiger partial charge on any atom is 0.418 e. The van der Waals surface area contributed by atoms with Crippen molar-refractivity contribution in [2.24, 2.45) is 0 Å². The van der Waals surface area contributed by atoms with Crippen molar-refractivity contribution in [3.05, 3.63) is 59.7 Å². The molecule has 1 atom stereocenters. The van der Waals surface area contributed by atoms with Crippen molar-refractivity contribution < 1.29 is 32.5 Å². The van der Waals surface area contributed by atoms with Crippen LogP contribution in [0.1, 0.15) is 22.8 Å². The first-order valence-corrected chi connectivity index (χ1v) is 8.74. The molecule has 2 aromatic carbocycles. The SMILES string of the molecule is CC(=O)c1ccc(NC(=O)C[NH+](C)CC(=O)Nc2ccccc2C(F)(F)F)cc1. The Hall–Kier alpha value is -3.20. The number of likely N-dealkylation sites (N-methyl/N-ethyl adjacent to an activating group) is 1. The summed E-state index contributed by atoms with van der Waals surface area (Å²) in [5.74, 6) is -1.11. The van der Waals surface area contributed by atoms with Crippen molar-refractivity contribution in [2.45, 2.75) is 13.1 Å². The number of halogens is 3. The van der Waals surface area contributed by atoms with E-state index in [0.717, 1.165) is 6.07 Å². The van der Waals surface area contributed by atoms with Crippen LogP contribution >= 0.6 is 0 Å². The highest BCUT2D eigenvalue weighted by Gasteiger charge is 2.33. The van der Waals surface area contributed by atoms with Crippen LogP contribution < -0.4 is 15.5 Å². The number of hydrogen-bond donors (Lipinski definition) is 3. The van der Waals surface area contributed by atoms with Gasteiger partial charge in [0.05, 0.1) is 18.3 Å². The van der Waals surface area contributed by atoms with Gasteiger partial charge in [0.25, 0.3) is 11.8 Å². The summed E-state index contributed by atoms with van der Waals surface area (Å²) in [6.45, 7) is 1.18. The van der Waals surface area contributed by atoms with Gasteiger partial charge in [0.1, 0.15) is 0 Å². The molecule has 6 nitrogen and oxygen atoms in total. The third-order valence-corrected chi connectivity index (χ3v) is 4.01. The lowest BCUT2D eigenvalue weighted by atomic mass is 10.1. The molecule has 29 heavy (non-hydrogen) atoms. The Morgan fingerprint density at radius 2 is 1.45 bits per heavy atom. The molecule has 2 amide bonds. The Kier molecular flexibility index (Phi) is 7.11. The van der Waals surface area contributed by atoms with Gasteiger partial charge in [-0.2, -0.15) is 13.2 Å². The minimum atomic E-state index is -4.58. The van der Waals surface area contributed by atoms with Gasteiger partial charge in [0.2, 0.25) is 0 Å². The number of ketones is 1. The standard InChI is InChI=1S/C20H20F3N3O3/c1-13(27)14-7-9-15(10-8-14)24-18(28)11-26(2)12-19(29)25-17-6-4-3-5-16(17)20(21,22)23/h3-10H,11-12H2,1-2H3,(H,24,28)(H,25,29)/p+1. The molecule has 0 bridgehead atoms. The summed E-state index contributed by atoms with van der Waals surface area (Å²) in [4.78, 5) is 35.9. The number of carbonyl (C=O) groups is 3. The summed E-state index contributed by atoms with van der Waals surface area (Å²) >= 11 is 0. The fourth-order valence-corrected chi connectivity index (χ4v) is 2.64. The van der Waals surface area contributed by atoms with Crippen molar-refractivity contribution in [3.63, 3.8) is 0 Å². The number of anilines is 2. The Bertz CT molecular complexity index is 896. The number of carbonyl (C=O) groups excluding carboxylic acids is 3. The molecular formula is C20H21F3N3O3+. The molecule has 154 valence electrons. The molecule has 9 heteroatoms. The lowest BCUT2D eigenvalue weighted by Crippen LogP contribution is -3.11. The van der Waals surface area contributed by atoms with Gasteiger partial charge >= 0.3 is 6.18 Å². The zero-order valence-corrected chi connectivity index (χ0v) is 15.9. The third-order valence-electron chi connectivity index (χ3n) is 4.01. The van der Waals surface area contributed by atoms with E-state index >= 15 is 0 Å². The molecular weight excluding hydrogens is 387 g/mol. The predicted octanol–water partition coefficient (Wildman–Crippen LogP) is 2.00. The number of benzene rings is 2. The highest BCUT2D eigenvalue weighted by atomic mass is 19.4. The summed E-state index contributed by atoms with van der Waals surface area (Å²) in [6, 6.07) is 11.0. The zero-order chi connectivity index (χ0) is 21.6. The molecule has 0 saturated heterocycles. The molecule has 2 aromatic rings. The monoisotopic (exact) mass is 408 g/mol. The molecule has 0 aliphatic rings. The van der Waals surface area contributed by atoms with Crippen molar-refractivity contribution >= 4 is 29.0 Å². The smallest absolute Gasteiger partial charge is 0.322 e. The summed E-state index contributed by atoms with van der Waals surface area (Å²) in [6.07, 6.45) is -4.58. The second-order valence-electron chi connectivity index (χ2n) is 6.58. The second kappa shape index (κ2) is 9.33. The number of para-hydroxylation sites is 1. The first-order chi connectivity index (χ1) is 13.6. The zero-order valence-electron chi connectivity index (χ0n) is 15.9. The molecule has 0 radical (unpaired) electrons. The van der Waals surface area contributed by atoms with Crippen LogP contribution in [0.25, 0.3) is 0 Å². The van der Waals surface area contributed by atoms with E-state index in [2.05, 4.69) is 10.6 Å². The van der Waals surface area contributed by atoms with Crippen LogP contribution in [0.5, 0.6) is 0 Å². The van der Waals surface area contributed by atoms with Gasteiger partial charge in [-0.3, -0.25) is 14.4 Å². The number of amides is 2. The average molecular weight is 408 g/mol.